The highest BCUT2D eigenvalue weighted by Crippen LogP contribution is 2.37. The maximum absolute atomic E-state index is 12.0. The fourth-order valence-corrected chi connectivity index (χ4v) is 3.34. The number of hydrogen-bond donors (Lipinski definition) is 2. The van der Waals surface area contributed by atoms with Crippen molar-refractivity contribution in [2.24, 2.45) is 5.10 Å². The summed E-state index contributed by atoms with van der Waals surface area (Å²) in [7, 11) is 1.47. The van der Waals surface area contributed by atoms with Gasteiger partial charge in [-0.05, 0) is 42.0 Å². The zero-order valence-electron chi connectivity index (χ0n) is 17.3. The molecule has 0 atom stereocenters. The Morgan fingerprint density at radius 3 is 2.48 bits per heavy atom. The molecule has 3 rings (SSSR count). The number of amides is 2. The quantitative estimate of drug-likeness (QED) is 0.258. The molecule has 170 valence electrons. The molecule has 2 amide bonds. The lowest BCUT2D eigenvalue weighted by Gasteiger charge is -2.14. The maximum atomic E-state index is 12.0. The maximum Gasteiger partial charge on any atom is 0.329 e. The average molecular weight is 507 g/mol. The Morgan fingerprint density at radius 1 is 0.970 bits per heavy atom. The molecule has 7 nitrogen and oxygen atoms in total. The molecule has 0 aliphatic rings. The molecule has 3 aromatic rings. The Labute approximate surface area is 205 Å². The third kappa shape index (κ3) is 6.86. The van der Waals surface area contributed by atoms with Crippen LogP contribution in [0.15, 0.2) is 65.8 Å². The lowest BCUT2D eigenvalue weighted by atomic mass is 10.2. The van der Waals surface area contributed by atoms with E-state index in [1.54, 1.807) is 36.4 Å². The topological polar surface area (TPSA) is 89.0 Å². The monoisotopic (exact) mass is 505 g/mol. The zero-order chi connectivity index (χ0) is 23.8. The number of carbonyl (C=O) groups excluding carboxylic acids is 2. The number of rotatable bonds is 7. The van der Waals surface area contributed by atoms with Crippen molar-refractivity contribution in [2.45, 2.75) is 6.61 Å². The molecule has 0 bridgehead atoms. The molecule has 0 radical (unpaired) electrons. The van der Waals surface area contributed by atoms with E-state index in [2.05, 4.69) is 15.8 Å². The van der Waals surface area contributed by atoms with Crippen LogP contribution in [0.3, 0.4) is 0 Å². The first-order valence-corrected chi connectivity index (χ1v) is 10.6. The van der Waals surface area contributed by atoms with Crippen LogP contribution in [0.5, 0.6) is 11.5 Å². The van der Waals surface area contributed by atoms with E-state index in [-0.39, 0.29) is 11.6 Å². The van der Waals surface area contributed by atoms with E-state index in [1.807, 2.05) is 18.2 Å². The second-order valence-electron chi connectivity index (χ2n) is 6.58. The third-order valence-electron chi connectivity index (χ3n) is 4.25. The summed E-state index contributed by atoms with van der Waals surface area (Å²) in [6, 6.07) is 16.9. The number of nitrogens with zero attached hydrogens (tertiary/aromatic N) is 1. The first kappa shape index (κ1) is 24.4. The predicted molar refractivity (Wildman–Crippen MR) is 130 cm³/mol. The van der Waals surface area contributed by atoms with Crippen molar-refractivity contribution in [1.82, 2.24) is 5.43 Å². The molecule has 3 aromatic carbocycles. The van der Waals surface area contributed by atoms with Crippen LogP contribution in [0.4, 0.5) is 5.69 Å². The van der Waals surface area contributed by atoms with E-state index in [0.29, 0.717) is 32.8 Å². The van der Waals surface area contributed by atoms with Crippen molar-refractivity contribution < 1.29 is 19.1 Å². The summed E-state index contributed by atoms with van der Waals surface area (Å²) in [6.45, 7) is 0.195. The molecule has 0 saturated heterocycles. The molecule has 0 saturated carbocycles. The van der Waals surface area contributed by atoms with Crippen LogP contribution in [0.1, 0.15) is 11.1 Å². The van der Waals surface area contributed by atoms with E-state index in [9.17, 15) is 9.59 Å². The smallest absolute Gasteiger partial charge is 0.329 e. The summed E-state index contributed by atoms with van der Waals surface area (Å²) in [5, 5.41) is 7.48. The van der Waals surface area contributed by atoms with Gasteiger partial charge in [0.25, 0.3) is 0 Å². The van der Waals surface area contributed by atoms with Gasteiger partial charge in [0.15, 0.2) is 11.5 Å². The second kappa shape index (κ2) is 11.6. The van der Waals surface area contributed by atoms with Crippen LogP contribution >= 0.6 is 34.8 Å². The fourth-order valence-electron chi connectivity index (χ4n) is 2.69. The normalized spacial score (nSPS) is 10.7. The highest BCUT2D eigenvalue weighted by atomic mass is 35.5. The summed E-state index contributed by atoms with van der Waals surface area (Å²) < 4.78 is 11.2. The minimum Gasteiger partial charge on any atom is -0.493 e. The lowest BCUT2D eigenvalue weighted by molar-refractivity contribution is -0.136. The van der Waals surface area contributed by atoms with Gasteiger partial charge in [-0.25, -0.2) is 5.43 Å². The molecular formula is C23H18Cl3N3O4. The van der Waals surface area contributed by atoms with Crippen molar-refractivity contribution in [1.29, 1.82) is 0 Å². The van der Waals surface area contributed by atoms with Crippen molar-refractivity contribution in [2.75, 3.05) is 12.4 Å². The molecule has 0 heterocycles. The third-order valence-corrected chi connectivity index (χ3v) is 5.13. The Balaban J connectivity index is 1.63. The Kier molecular flexibility index (Phi) is 8.54. The number of hydrazone groups is 1. The van der Waals surface area contributed by atoms with E-state index >= 15 is 0 Å². The van der Waals surface area contributed by atoms with Crippen LogP contribution in [0.2, 0.25) is 15.1 Å². The SMILES string of the molecule is COc1cc(/C=N\NC(=O)C(=O)Nc2cccc(Cl)c2)cc(Cl)c1OCc1ccccc1Cl. The molecular weight excluding hydrogens is 489 g/mol. The minimum absolute atomic E-state index is 0.195. The van der Waals surface area contributed by atoms with Crippen molar-refractivity contribution >= 4 is 58.5 Å². The number of halogens is 3. The summed E-state index contributed by atoms with van der Waals surface area (Å²) in [5.41, 5.74) is 3.84. The number of hydrogen-bond acceptors (Lipinski definition) is 5. The number of ether oxygens (including phenoxy) is 2. The molecule has 0 fully saturated rings. The number of carbonyl (C=O) groups is 2. The number of benzene rings is 3. The number of nitrogens with one attached hydrogen (secondary N) is 2. The summed E-state index contributed by atoms with van der Waals surface area (Å²) in [4.78, 5) is 23.9. The summed E-state index contributed by atoms with van der Waals surface area (Å²) in [6.07, 6.45) is 1.32. The van der Waals surface area contributed by atoms with Gasteiger partial charge in [0, 0.05) is 21.3 Å². The average Bonchev–Trinajstić information content (AvgIpc) is 2.79. The van der Waals surface area contributed by atoms with Gasteiger partial charge in [0.1, 0.15) is 6.61 Å². The predicted octanol–water partition coefficient (Wildman–Crippen LogP) is 5.32. The van der Waals surface area contributed by atoms with E-state index in [4.69, 9.17) is 44.3 Å². The van der Waals surface area contributed by atoms with Gasteiger partial charge in [0.2, 0.25) is 0 Å². The molecule has 0 spiro atoms. The van der Waals surface area contributed by atoms with Crippen molar-refractivity contribution in [3.05, 3.63) is 86.9 Å². The van der Waals surface area contributed by atoms with Crippen molar-refractivity contribution in [3.63, 3.8) is 0 Å². The van der Waals surface area contributed by atoms with Crippen molar-refractivity contribution in [3.8, 4) is 11.5 Å². The van der Waals surface area contributed by atoms with E-state index in [1.165, 1.54) is 19.4 Å². The van der Waals surface area contributed by atoms with Gasteiger partial charge < -0.3 is 14.8 Å². The van der Waals surface area contributed by atoms with Gasteiger partial charge in [-0.2, -0.15) is 5.10 Å². The fraction of sp³-hybridized carbons (Fsp3) is 0.0870. The van der Waals surface area contributed by atoms with Gasteiger partial charge in [-0.3, -0.25) is 9.59 Å². The summed E-state index contributed by atoms with van der Waals surface area (Å²) >= 11 is 18.4. The van der Waals surface area contributed by atoms with Crippen LogP contribution in [0, 0.1) is 0 Å². The number of methoxy groups -OCH3 is 1. The molecule has 0 aromatic heterocycles. The van der Waals surface area contributed by atoms with E-state index in [0.717, 1.165) is 5.56 Å². The largest absolute Gasteiger partial charge is 0.493 e. The molecule has 10 heteroatoms. The highest BCUT2D eigenvalue weighted by Gasteiger charge is 2.14. The Bertz CT molecular complexity index is 1200. The van der Waals surface area contributed by atoms with Gasteiger partial charge >= 0.3 is 11.8 Å². The van der Waals surface area contributed by atoms with Gasteiger partial charge in [-0.1, -0.05) is 59.1 Å². The standard InChI is InChI=1S/C23H18Cl3N3O4/c1-32-20-10-14(9-19(26)21(20)33-13-15-5-2-3-8-18(15)25)12-27-29-23(31)22(30)28-17-7-4-6-16(24)11-17/h2-12H,13H2,1H3,(H,28,30)(H,29,31)/b27-12-. The minimum atomic E-state index is -0.955. The Morgan fingerprint density at radius 2 is 1.76 bits per heavy atom. The molecule has 0 aliphatic heterocycles. The Hall–Kier alpha value is -3.26. The first-order chi connectivity index (χ1) is 15.9. The van der Waals surface area contributed by atoms with E-state index < -0.39 is 11.8 Å². The molecule has 33 heavy (non-hydrogen) atoms. The highest BCUT2D eigenvalue weighted by molar-refractivity contribution is 6.40. The number of anilines is 1. The zero-order valence-corrected chi connectivity index (χ0v) is 19.5. The lowest BCUT2D eigenvalue weighted by Crippen LogP contribution is -2.32. The van der Waals surface area contributed by atoms with Crippen LogP contribution in [-0.4, -0.2) is 25.1 Å². The molecule has 2 N–H and O–H groups in total. The molecule has 0 unspecified atom stereocenters. The second-order valence-corrected chi connectivity index (χ2v) is 7.83. The van der Waals surface area contributed by atoms with Crippen LogP contribution < -0.4 is 20.2 Å². The molecule has 0 aliphatic carbocycles. The van der Waals surface area contributed by atoms with Gasteiger partial charge in [0.05, 0.1) is 18.3 Å². The van der Waals surface area contributed by atoms with Gasteiger partial charge in [-0.15, -0.1) is 0 Å². The first-order valence-electron chi connectivity index (χ1n) is 9.51. The van der Waals surface area contributed by atoms with Crippen LogP contribution in [0.25, 0.3) is 0 Å². The van der Waals surface area contributed by atoms with Crippen LogP contribution in [-0.2, 0) is 16.2 Å². The summed E-state index contributed by atoms with van der Waals surface area (Å²) in [5.74, 6) is -1.15.